The summed E-state index contributed by atoms with van der Waals surface area (Å²) in [6.07, 6.45) is 1.86. The first-order valence-corrected chi connectivity index (χ1v) is 11.9. The SMILES string of the molecule is C=CC(O)Nc1ccccc1Nc1nc(Nc2ccc(C)cc2)ncc1C(=O)Nc1c(C)cccc1Cl. The van der Waals surface area contributed by atoms with Crippen molar-refractivity contribution in [2.24, 2.45) is 0 Å². The number of aliphatic hydroxyl groups excluding tert-OH is 1. The standard InChI is InChI=1S/C28H27ClN6O2/c1-4-24(36)32-22-10-5-6-11-23(22)33-26-20(27(37)34-25-18(3)8-7-9-21(25)29)16-30-28(35-26)31-19-14-12-17(2)13-15-19/h4-16,24,32,36H,1H2,2-3H3,(H,34,37)(H2,30,31,33,35). The number of nitrogens with one attached hydrogen (secondary N) is 4. The summed E-state index contributed by atoms with van der Waals surface area (Å²) in [5.74, 6) is 0.125. The van der Waals surface area contributed by atoms with Crippen LogP contribution in [0.4, 0.5) is 34.5 Å². The maximum absolute atomic E-state index is 13.4. The maximum atomic E-state index is 13.4. The third-order valence-corrected chi connectivity index (χ3v) is 5.82. The summed E-state index contributed by atoms with van der Waals surface area (Å²) < 4.78 is 0. The van der Waals surface area contributed by atoms with Gasteiger partial charge < -0.3 is 26.4 Å². The minimum Gasteiger partial charge on any atom is -0.370 e. The van der Waals surface area contributed by atoms with E-state index in [0.29, 0.717) is 28.0 Å². The van der Waals surface area contributed by atoms with Crippen molar-refractivity contribution in [2.45, 2.75) is 20.1 Å². The highest BCUT2D eigenvalue weighted by atomic mass is 35.5. The lowest BCUT2D eigenvalue weighted by Gasteiger charge is -2.18. The molecule has 0 aliphatic rings. The Balaban J connectivity index is 1.71. The minimum atomic E-state index is -0.960. The molecule has 0 aliphatic heterocycles. The highest BCUT2D eigenvalue weighted by molar-refractivity contribution is 6.34. The number of amides is 1. The number of aliphatic hydroxyl groups is 1. The van der Waals surface area contributed by atoms with Crippen molar-refractivity contribution in [1.29, 1.82) is 0 Å². The van der Waals surface area contributed by atoms with Crippen molar-refractivity contribution in [3.05, 3.63) is 107 Å². The van der Waals surface area contributed by atoms with Crippen LogP contribution in [0.25, 0.3) is 0 Å². The summed E-state index contributed by atoms with van der Waals surface area (Å²) in [6, 6.07) is 20.4. The molecule has 0 spiro atoms. The zero-order chi connectivity index (χ0) is 26.4. The molecule has 0 aliphatic carbocycles. The Morgan fingerprint density at radius 3 is 2.43 bits per heavy atom. The summed E-state index contributed by atoms with van der Waals surface area (Å²) in [5, 5.41) is 22.6. The van der Waals surface area contributed by atoms with E-state index in [1.165, 1.54) is 12.3 Å². The van der Waals surface area contributed by atoms with Gasteiger partial charge >= 0.3 is 0 Å². The number of nitrogens with zero attached hydrogens (tertiary/aromatic N) is 2. The summed E-state index contributed by atoms with van der Waals surface area (Å²) >= 11 is 6.33. The number of carbonyl (C=O) groups excluding carboxylic acids is 1. The first kappa shape index (κ1) is 25.7. The van der Waals surface area contributed by atoms with Gasteiger partial charge in [0.15, 0.2) is 0 Å². The van der Waals surface area contributed by atoms with Crippen molar-refractivity contribution >= 4 is 52.0 Å². The Morgan fingerprint density at radius 2 is 1.73 bits per heavy atom. The van der Waals surface area contributed by atoms with Crippen LogP contribution in [-0.2, 0) is 0 Å². The first-order valence-electron chi connectivity index (χ1n) is 11.5. The number of carbonyl (C=O) groups is 1. The van der Waals surface area contributed by atoms with Gasteiger partial charge in [0.05, 0.1) is 22.1 Å². The van der Waals surface area contributed by atoms with E-state index in [-0.39, 0.29) is 11.4 Å². The molecule has 5 N–H and O–H groups in total. The van der Waals surface area contributed by atoms with E-state index in [0.717, 1.165) is 16.8 Å². The second kappa shape index (κ2) is 11.6. The van der Waals surface area contributed by atoms with Gasteiger partial charge in [-0.25, -0.2) is 4.98 Å². The summed E-state index contributed by atoms with van der Waals surface area (Å²) in [4.78, 5) is 22.3. The molecule has 0 saturated carbocycles. The number of para-hydroxylation sites is 3. The Kier molecular flexibility index (Phi) is 8.02. The minimum absolute atomic E-state index is 0.202. The highest BCUT2D eigenvalue weighted by Gasteiger charge is 2.19. The Labute approximate surface area is 220 Å². The fraction of sp³-hybridized carbons (Fsp3) is 0.107. The van der Waals surface area contributed by atoms with E-state index in [2.05, 4.69) is 37.8 Å². The zero-order valence-electron chi connectivity index (χ0n) is 20.4. The maximum Gasteiger partial charge on any atom is 0.261 e. The molecule has 4 rings (SSSR count). The number of benzene rings is 3. The monoisotopic (exact) mass is 514 g/mol. The van der Waals surface area contributed by atoms with Crippen LogP contribution < -0.4 is 21.3 Å². The van der Waals surface area contributed by atoms with E-state index in [4.69, 9.17) is 11.6 Å². The van der Waals surface area contributed by atoms with E-state index >= 15 is 0 Å². The molecule has 1 heterocycles. The second-order valence-corrected chi connectivity index (χ2v) is 8.74. The predicted octanol–water partition coefficient (Wildman–Crippen LogP) is 6.40. The molecule has 188 valence electrons. The molecule has 37 heavy (non-hydrogen) atoms. The molecular formula is C28H27ClN6O2. The number of hydrogen-bond donors (Lipinski definition) is 5. The number of anilines is 6. The van der Waals surface area contributed by atoms with Crippen LogP contribution in [-0.4, -0.2) is 27.2 Å². The van der Waals surface area contributed by atoms with Gasteiger partial charge in [-0.15, -0.1) is 0 Å². The first-order chi connectivity index (χ1) is 17.8. The molecule has 1 amide bonds. The van der Waals surface area contributed by atoms with Crippen LogP contribution in [0.15, 0.2) is 85.6 Å². The zero-order valence-corrected chi connectivity index (χ0v) is 21.2. The van der Waals surface area contributed by atoms with Gasteiger partial charge in [0.25, 0.3) is 5.91 Å². The molecule has 1 unspecified atom stereocenters. The molecule has 8 nitrogen and oxygen atoms in total. The van der Waals surface area contributed by atoms with Gasteiger partial charge in [0.1, 0.15) is 17.6 Å². The smallest absolute Gasteiger partial charge is 0.261 e. The number of aromatic nitrogens is 2. The Hall–Kier alpha value is -4.40. The average Bonchev–Trinajstić information content (AvgIpc) is 2.89. The lowest BCUT2D eigenvalue weighted by Crippen LogP contribution is -2.18. The highest BCUT2D eigenvalue weighted by Crippen LogP contribution is 2.30. The van der Waals surface area contributed by atoms with Crippen LogP contribution in [0.2, 0.25) is 5.02 Å². The van der Waals surface area contributed by atoms with Crippen LogP contribution in [0.5, 0.6) is 0 Å². The number of halogens is 1. The molecule has 0 radical (unpaired) electrons. The fourth-order valence-electron chi connectivity index (χ4n) is 3.50. The van der Waals surface area contributed by atoms with Crippen molar-refractivity contribution in [3.8, 4) is 0 Å². The Morgan fingerprint density at radius 1 is 1.00 bits per heavy atom. The number of hydrogen-bond acceptors (Lipinski definition) is 7. The molecular weight excluding hydrogens is 488 g/mol. The normalized spacial score (nSPS) is 11.4. The molecule has 4 aromatic rings. The van der Waals surface area contributed by atoms with Gasteiger partial charge in [-0.2, -0.15) is 4.98 Å². The lowest BCUT2D eigenvalue weighted by atomic mass is 10.2. The molecule has 1 aromatic heterocycles. The predicted molar refractivity (Wildman–Crippen MR) is 150 cm³/mol. The van der Waals surface area contributed by atoms with Gasteiger partial charge in [0.2, 0.25) is 5.95 Å². The molecule has 0 saturated heterocycles. The summed E-state index contributed by atoms with van der Waals surface area (Å²) in [7, 11) is 0. The van der Waals surface area contributed by atoms with E-state index in [9.17, 15) is 9.90 Å². The van der Waals surface area contributed by atoms with Crippen molar-refractivity contribution in [2.75, 3.05) is 21.3 Å². The van der Waals surface area contributed by atoms with E-state index in [1.54, 1.807) is 18.2 Å². The van der Waals surface area contributed by atoms with E-state index < -0.39 is 12.1 Å². The summed E-state index contributed by atoms with van der Waals surface area (Å²) in [5.41, 5.74) is 4.65. The lowest BCUT2D eigenvalue weighted by molar-refractivity contribution is 0.102. The molecule has 0 bridgehead atoms. The summed E-state index contributed by atoms with van der Waals surface area (Å²) in [6.45, 7) is 7.46. The topological polar surface area (TPSA) is 111 Å². The number of rotatable bonds is 9. The quantitative estimate of drug-likeness (QED) is 0.130. The fourth-order valence-corrected chi connectivity index (χ4v) is 3.77. The van der Waals surface area contributed by atoms with Crippen molar-refractivity contribution < 1.29 is 9.90 Å². The Bertz CT molecular complexity index is 1400. The van der Waals surface area contributed by atoms with Crippen LogP contribution in [0.1, 0.15) is 21.5 Å². The van der Waals surface area contributed by atoms with Gasteiger partial charge in [0, 0.05) is 11.9 Å². The average molecular weight is 515 g/mol. The largest absolute Gasteiger partial charge is 0.370 e. The van der Waals surface area contributed by atoms with Gasteiger partial charge in [-0.3, -0.25) is 4.79 Å². The molecule has 9 heteroatoms. The van der Waals surface area contributed by atoms with Crippen LogP contribution >= 0.6 is 11.6 Å². The third kappa shape index (κ3) is 6.43. The number of aryl methyl sites for hydroxylation is 2. The second-order valence-electron chi connectivity index (χ2n) is 8.33. The van der Waals surface area contributed by atoms with E-state index in [1.807, 2.05) is 62.4 Å². The molecule has 1 atom stereocenters. The van der Waals surface area contributed by atoms with Crippen LogP contribution in [0, 0.1) is 13.8 Å². The van der Waals surface area contributed by atoms with Crippen molar-refractivity contribution in [1.82, 2.24) is 9.97 Å². The van der Waals surface area contributed by atoms with Gasteiger partial charge in [-0.05, 0) is 55.8 Å². The van der Waals surface area contributed by atoms with Crippen LogP contribution in [0.3, 0.4) is 0 Å². The third-order valence-electron chi connectivity index (χ3n) is 5.51. The van der Waals surface area contributed by atoms with Crippen molar-refractivity contribution in [3.63, 3.8) is 0 Å². The molecule has 3 aromatic carbocycles. The van der Waals surface area contributed by atoms with Gasteiger partial charge in [-0.1, -0.05) is 60.1 Å². The molecule has 0 fully saturated rings.